The van der Waals surface area contributed by atoms with Gasteiger partial charge in [0.1, 0.15) is 0 Å². The molecule has 0 spiro atoms. The molecule has 0 radical (unpaired) electrons. The number of halogens is 1. The summed E-state index contributed by atoms with van der Waals surface area (Å²) in [5.74, 6) is 2.65. The van der Waals surface area contributed by atoms with Gasteiger partial charge in [0.15, 0.2) is 5.96 Å². The molecule has 1 saturated carbocycles. The molecule has 1 aliphatic carbocycles. The smallest absolute Gasteiger partial charge is 0.191 e. The largest absolute Gasteiger partial charge is 0.357 e. The number of hydrogen-bond donors (Lipinski definition) is 2. The van der Waals surface area contributed by atoms with Gasteiger partial charge in [0.2, 0.25) is 0 Å². The van der Waals surface area contributed by atoms with Gasteiger partial charge in [-0.1, -0.05) is 0 Å². The Balaban J connectivity index is 0.00000180. The van der Waals surface area contributed by atoms with Crippen LogP contribution in [0.3, 0.4) is 0 Å². The predicted molar refractivity (Wildman–Crippen MR) is 92.3 cm³/mol. The fraction of sp³-hybridized carbons (Fsp3) is 0.929. The standard InChI is InChI=1S/C14H28N4.HI/c1-3-15-14(16-9-12-6-7-12)17-10-13-5-4-8-18(2)11-13;/h12-13H,3-11H2,1-2H3,(H2,15,16,17);1H. The van der Waals surface area contributed by atoms with Crippen molar-refractivity contribution in [3.8, 4) is 0 Å². The lowest BCUT2D eigenvalue weighted by Gasteiger charge is -2.28. The number of guanidine groups is 1. The molecule has 2 rings (SSSR count). The summed E-state index contributed by atoms with van der Waals surface area (Å²) in [6.07, 6.45) is 5.43. The van der Waals surface area contributed by atoms with Crippen molar-refractivity contribution >= 4 is 29.9 Å². The highest BCUT2D eigenvalue weighted by atomic mass is 127. The minimum Gasteiger partial charge on any atom is -0.357 e. The van der Waals surface area contributed by atoms with Crippen LogP contribution in [-0.4, -0.2) is 50.6 Å². The Labute approximate surface area is 134 Å². The van der Waals surface area contributed by atoms with E-state index in [2.05, 4.69) is 29.5 Å². The summed E-state index contributed by atoms with van der Waals surface area (Å²) in [5.41, 5.74) is 0. The summed E-state index contributed by atoms with van der Waals surface area (Å²) in [7, 11) is 2.21. The molecule has 112 valence electrons. The van der Waals surface area contributed by atoms with E-state index >= 15 is 0 Å². The normalized spacial score (nSPS) is 24.7. The maximum Gasteiger partial charge on any atom is 0.191 e. The molecule has 1 aliphatic heterocycles. The molecule has 2 fully saturated rings. The lowest BCUT2D eigenvalue weighted by molar-refractivity contribution is 0.214. The van der Waals surface area contributed by atoms with Gasteiger partial charge in [0.25, 0.3) is 0 Å². The number of rotatable bonds is 5. The van der Waals surface area contributed by atoms with Crippen molar-refractivity contribution in [1.29, 1.82) is 0 Å². The van der Waals surface area contributed by atoms with Crippen LogP contribution in [0.2, 0.25) is 0 Å². The van der Waals surface area contributed by atoms with E-state index in [0.717, 1.165) is 37.4 Å². The van der Waals surface area contributed by atoms with Crippen molar-refractivity contribution in [2.45, 2.75) is 32.6 Å². The van der Waals surface area contributed by atoms with Crippen molar-refractivity contribution in [2.24, 2.45) is 16.8 Å². The molecule has 2 aliphatic rings. The Kier molecular flexibility index (Phi) is 8.06. The third-order valence-electron chi connectivity index (χ3n) is 3.83. The van der Waals surface area contributed by atoms with E-state index in [1.165, 1.54) is 38.8 Å². The van der Waals surface area contributed by atoms with Crippen LogP contribution in [0.1, 0.15) is 32.6 Å². The molecule has 1 saturated heterocycles. The fourth-order valence-corrected chi connectivity index (χ4v) is 2.55. The minimum absolute atomic E-state index is 0. The number of aliphatic imine (C=N–C) groups is 1. The van der Waals surface area contributed by atoms with Gasteiger partial charge in [-0.05, 0) is 58.0 Å². The first-order chi connectivity index (χ1) is 8.78. The Bertz CT molecular complexity index is 279. The van der Waals surface area contributed by atoms with Crippen molar-refractivity contribution in [3.05, 3.63) is 0 Å². The highest BCUT2D eigenvalue weighted by Gasteiger charge is 2.21. The van der Waals surface area contributed by atoms with Gasteiger partial charge in [-0.2, -0.15) is 0 Å². The second-order valence-corrected chi connectivity index (χ2v) is 5.81. The van der Waals surface area contributed by atoms with Gasteiger partial charge in [0, 0.05) is 26.2 Å². The lowest BCUT2D eigenvalue weighted by atomic mass is 9.99. The van der Waals surface area contributed by atoms with Gasteiger partial charge in [0.05, 0.1) is 0 Å². The molecule has 5 heteroatoms. The maximum absolute atomic E-state index is 4.74. The van der Waals surface area contributed by atoms with Gasteiger partial charge in [-0.25, -0.2) is 0 Å². The average molecular weight is 380 g/mol. The SMILES string of the molecule is CCNC(=NCC1CCCN(C)C1)NCC1CC1.I. The van der Waals surface area contributed by atoms with Gasteiger partial charge < -0.3 is 15.5 Å². The molecule has 0 bridgehead atoms. The topological polar surface area (TPSA) is 39.7 Å². The zero-order valence-corrected chi connectivity index (χ0v) is 14.7. The number of likely N-dealkylation sites (tertiary alicyclic amines) is 1. The second kappa shape index (κ2) is 9.00. The summed E-state index contributed by atoms with van der Waals surface area (Å²) in [4.78, 5) is 7.16. The number of nitrogens with zero attached hydrogens (tertiary/aromatic N) is 2. The zero-order valence-electron chi connectivity index (χ0n) is 12.3. The third-order valence-corrected chi connectivity index (χ3v) is 3.83. The Morgan fingerprint density at radius 3 is 2.63 bits per heavy atom. The first-order valence-electron chi connectivity index (χ1n) is 7.48. The van der Waals surface area contributed by atoms with Crippen LogP contribution < -0.4 is 10.6 Å². The summed E-state index contributed by atoms with van der Waals surface area (Å²) < 4.78 is 0. The molecule has 1 unspecified atom stereocenters. The van der Waals surface area contributed by atoms with Crippen molar-refractivity contribution < 1.29 is 0 Å². The quantitative estimate of drug-likeness (QED) is 0.435. The van der Waals surface area contributed by atoms with Crippen LogP contribution in [0, 0.1) is 11.8 Å². The van der Waals surface area contributed by atoms with Crippen molar-refractivity contribution in [2.75, 3.05) is 39.8 Å². The second-order valence-electron chi connectivity index (χ2n) is 5.81. The first kappa shape index (κ1) is 17.0. The first-order valence-corrected chi connectivity index (χ1v) is 7.48. The van der Waals surface area contributed by atoms with E-state index in [4.69, 9.17) is 4.99 Å². The molecule has 1 heterocycles. The predicted octanol–water partition coefficient (Wildman–Crippen LogP) is 1.91. The maximum atomic E-state index is 4.74. The molecule has 4 nitrogen and oxygen atoms in total. The molecule has 0 amide bonds. The van der Waals surface area contributed by atoms with Crippen LogP contribution in [0.15, 0.2) is 4.99 Å². The molecule has 0 aromatic carbocycles. The van der Waals surface area contributed by atoms with E-state index in [1.54, 1.807) is 0 Å². The zero-order chi connectivity index (χ0) is 12.8. The molecule has 2 N–H and O–H groups in total. The average Bonchev–Trinajstić information content (AvgIpc) is 3.17. The summed E-state index contributed by atoms with van der Waals surface area (Å²) >= 11 is 0. The monoisotopic (exact) mass is 380 g/mol. The number of nitrogens with one attached hydrogen (secondary N) is 2. The van der Waals surface area contributed by atoms with Gasteiger partial charge in [-0.15, -0.1) is 24.0 Å². The highest BCUT2D eigenvalue weighted by molar-refractivity contribution is 14.0. The van der Waals surface area contributed by atoms with Crippen molar-refractivity contribution in [1.82, 2.24) is 15.5 Å². The summed E-state index contributed by atoms with van der Waals surface area (Å²) in [6, 6.07) is 0. The van der Waals surface area contributed by atoms with Crippen LogP contribution >= 0.6 is 24.0 Å². The van der Waals surface area contributed by atoms with Crippen molar-refractivity contribution in [3.63, 3.8) is 0 Å². The molecular weight excluding hydrogens is 351 g/mol. The van der Waals surface area contributed by atoms with E-state index in [1.807, 2.05) is 0 Å². The van der Waals surface area contributed by atoms with Crippen LogP contribution in [0.25, 0.3) is 0 Å². The molecule has 1 atom stereocenters. The molecular formula is C14H29IN4. The molecule has 0 aromatic heterocycles. The molecule has 0 aromatic rings. The van der Waals surface area contributed by atoms with E-state index < -0.39 is 0 Å². The number of hydrogen-bond acceptors (Lipinski definition) is 2. The van der Waals surface area contributed by atoms with E-state index in [-0.39, 0.29) is 24.0 Å². The lowest BCUT2D eigenvalue weighted by Crippen LogP contribution is -2.39. The summed E-state index contributed by atoms with van der Waals surface area (Å²) in [6.45, 7) is 7.58. The van der Waals surface area contributed by atoms with Gasteiger partial charge >= 0.3 is 0 Å². The van der Waals surface area contributed by atoms with E-state index in [0.29, 0.717) is 0 Å². The van der Waals surface area contributed by atoms with Crippen LogP contribution in [0.4, 0.5) is 0 Å². The van der Waals surface area contributed by atoms with Gasteiger partial charge in [-0.3, -0.25) is 4.99 Å². The minimum atomic E-state index is 0. The number of piperidine rings is 1. The summed E-state index contributed by atoms with van der Waals surface area (Å²) in [5, 5.41) is 6.80. The fourth-order valence-electron chi connectivity index (χ4n) is 2.55. The third kappa shape index (κ3) is 6.79. The van der Waals surface area contributed by atoms with Crippen LogP contribution in [0.5, 0.6) is 0 Å². The Morgan fingerprint density at radius 1 is 1.21 bits per heavy atom. The van der Waals surface area contributed by atoms with E-state index in [9.17, 15) is 0 Å². The molecule has 19 heavy (non-hydrogen) atoms. The highest BCUT2D eigenvalue weighted by Crippen LogP contribution is 2.27. The Hall–Kier alpha value is -0.0400. The van der Waals surface area contributed by atoms with Crippen LogP contribution in [-0.2, 0) is 0 Å². The Morgan fingerprint density at radius 2 is 2.00 bits per heavy atom.